The van der Waals surface area contributed by atoms with Crippen LogP contribution in [0.2, 0.25) is 0 Å². The van der Waals surface area contributed by atoms with Crippen LogP contribution in [0.1, 0.15) is 0 Å². The minimum atomic E-state index is -0.943. The smallest absolute Gasteiger partial charge is 0.280 e. The third-order valence-corrected chi connectivity index (χ3v) is 2.24. The molecule has 9 heteroatoms. The van der Waals surface area contributed by atoms with Crippen LogP contribution >= 0.6 is 0 Å². The molecule has 0 amide bonds. The summed E-state index contributed by atoms with van der Waals surface area (Å²) < 4.78 is 6.62. The molecular formula is C9H13N5O4. The summed E-state index contributed by atoms with van der Waals surface area (Å²) in [6.07, 6.45) is 0.443. The number of aliphatic hydroxyl groups excluding tert-OH is 2. The Labute approximate surface area is 101 Å². The van der Waals surface area contributed by atoms with Crippen molar-refractivity contribution in [1.29, 1.82) is 0 Å². The number of hydrogen-bond donors (Lipinski definition) is 4. The standard InChI is InChI=1S/C9H13N5O4/c10-9-12-7-6(8(17)13-9)11-3-14(7)4-18-2-5(16)1-15/h3,5,15-16H,1-2,4H2,(H3,10,12,13,17). The first-order valence-corrected chi connectivity index (χ1v) is 5.19. The van der Waals surface area contributed by atoms with E-state index in [1.807, 2.05) is 0 Å². The number of nitrogens with two attached hydrogens (primary N) is 1. The van der Waals surface area contributed by atoms with Crippen molar-refractivity contribution in [1.82, 2.24) is 19.5 Å². The van der Waals surface area contributed by atoms with E-state index in [4.69, 9.17) is 20.7 Å². The zero-order valence-corrected chi connectivity index (χ0v) is 9.41. The second kappa shape index (κ2) is 5.12. The third-order valence-electron chi connectivity index (χ3n) is 2.24. The number of nitrogens with zero attached hydrogens (tertiary/aromatic N) is 3. The molecule has 2 aromatic heterocycles. The van der Waals surface area contributed by atoms with E-state index < -0.39 is 11.7 Å². The average molecular weight is 255 g/mol. The van der Waals surface area contributed by atoms with Gasteiger partial charge in [0.15, 0.2) is 11.2 Å². The highest BCUT2D eigenvalue weighted by atomic mass is 16.5. The minimum Gasteiger partial charge on any atom is -0.394 e. The molecule has 0 aliphatic rings. The van der Waals surface area contributed by atoms with Crippen molar-refractivity contribution < 1.29 is 14.9 Å². The van der Waals surface area contributed by atoms with E-state index in [9.17, 15) is 4.79 Å². The first-order valence-electron chi connectivity index (χ1n) is 5.19. The highest BCUT2D eigenvalue weighted by molar-refractivity contribution is 5.70. The summed E-state index contributed by atoms with van der Waals surface area (Å²) in [6, 6.07) is 0. The van der Waals surface area contributed by atoms with Crippen LogP contribution in [0, 0.1) is 0 Å². The Morgan fingerprint density at radius 2 is 2.39 bits per heavy atom. The molecule has 0 saturated heterocycles. The van der Waals surface area contributed by atoms with Crippen molar-refractivity contribution in [2.45, 2.75) is 12.8 Å². The third kappa shape index (κ3) is 2.47. The number of hydrogen-bond acceptors (Lipinski definition) is 7. The quantitative estimate of drug-likeness (QED) is 0.485. The van der Waals surface area contributed by atoms with Crippen LogP contribution in [0.15, 0.2) is 11.1 Å². The number of fused-ring (bicyclic) bond motifs is 1. The van der Waals surface area contributed by atoms with Crippen molar-refractivity contribution >= 4 is 17.1 Å². The van der Waals surface area contributed by atoms with Gasteiger partial charge in [-0.05, 0) is 0 Å². The van der Waals surface area contributed by atoms with E-state index in [1.165, 1.54) is 10.9 Å². The molecule has 5 N–H and O–H groups in total. The summed E-state index contributed by atoms with van der Waals surface area (Å²) in [6.45, 7) is -0.367. The maximum atomic E-state index is 11.5. The van der Waals surface area contributed by atoms with E-state index in [0.29, 0.717) is 5.65 Å². The van der Waals surface area contributed by atoms with Gasteiger partial charge in [0.05, 0.1) is 19.5 Å². The number of aromatic nitrogens is 4. The van der Waals surface area contributed by atoms with Crippen LogP contribution < -0.4 is 11.3 Å². The molecule has 2 heterocycles. The molecule has 9 nitrogen and oxygen atoms in total. The number of H-pyrrole nitrogens is 1. The Hall–Kier alpha value is -1.97. The molecule has 0 aromatic carbocycles. The van der Waals surface area contributed by atoms with Gasteiger partial charge in [-0.3, -0.25) is 14.3 Å². The van der Waals surface area contributed by atoms with Crippen molar-refractivity contribution in [3.63, 3.8) is 0 Å². The number of nitrogens with one attached hydrogen (secondary N) is 1. The van der Waals surface area contributed by atoms with Crippen LogP contribution in [0.4, 0.5) is 5.95 Å². The molecule has 0 aliphatic carbocycles. The van der Waals surface area contributed by atoms with E-state index in [-0.39, 0.29) is 31.4 Å². The molecule has 18 heavy (non-hydrogen) atoms. The summed E-state index contributed by atoms with van der Waals surface area (Å²) in [5, 5.41) is 17.7. The SMILES string of the molecule is Nc1nc2c(ncn2COCC(O)CO)c(=O)[nH]1. The van der Waals surface area contributed by atoms with Crippen LogP contribution in [0.3, 0.4) is 0 Å². The Morgan fingerprint density at radius 3 is 3.11 bits per heavy atom. The molecule has 1 atom stereocenters. The van der Waals surface area contributed by atoms with Gasteiger partial charge in [-0.15, -0.1) is 0 Å². The molecule has 1 unspecified atom stereocenters. The van der Waals surface area contributed by atoms with Gasteiger partial charge in [-0.2, -0.15) is 4.98 Å². The monoisotopic (exact) mass is 255 g/mol. The second-order valence-corrected chi connectivity index (χ2v) is 3.67. The molecule has 0 aliphatic heterocycles. The van der Waals surface area contributed by atoms with Gasteiger partial charge in [0, 0.05) is 0 Å². The molecule has 2 rings (SSSR count). The number of aromatic amines is 1. The highest BCUT2D eigenvalue weighted by Gasteiger charge is 2.09. The summed E-state index contributed by atoms with van der Waals surface area (Å²) in [5.41, 5.74) is 5.47. The highest BCUT2D eigenvalue weighted by Crippen LogP contribution is 2.06. The van der Waals surface area contributed by atoms with Gasteiger partial charge >= 0.3 is 0 Å². The van der Waals surface area contributed by atoms with Gasteiger partial charge in [0.1, 0.15) is 12.8 Å². The molecule has 2 aromatic rings. The first-order chi connectivity index (χ1) is 8.61. The van der Waals surface area contributed by atoms with Crippen molar-refractivity contribution in [3.05, 3.63) is 16.7 Å². The Bertz CT molecular complexity index is 592. The number of anilines is 1. The average Bonchev–Trinajstić information content (AvgIpc) is 2.72. The molecule has 0 fully saturated rings. The van der Waals surface area contributed by atoms with Crippen molar-refractivity contribution in [2.24, 2.45) is 0 Å². The predicted molar refractivity (Wildman–Crippen MR) is 61.6 cm³/mol. The van der Waals surface area contributed by atoms with Crippen molar-refractivity contribution in [2.75, 3.05) is 18.9 Å². The van der Waals surface area contributed by atoms with Gasteiger partial charge < -0.3 is 20.7 Å². The van der Waals surface area contributed by atoms with Crippen LogP contribution in [-0.4, -0.2) is 49.0 Å². The zero-order chi connectivity index (χ0) is 13.1. The lowest BCUT2D eigenvalue weighted by atomic mass is 10.4. The molecule has 0 spiro atoms. The fraction of sp³-hybridized carbons (Fsp3) is 0.444. The lowest BCUT2D eigenvalue weighted by Crippen LogP contribution is -2.20. The predicted octanol–water partition coefficient (Wildman–Crippen LogP) is -1.97. The number of imidazole rings is 1. The lowest BCUT2D eigenvalue weighted by molar-refractivity contribution is -0.0163. The summed E-state index contributed by atoms with van der Waals surface area (Å²) in [7, 11) is 0. The zero-order valence-electron chi connectivity index (χ0n) is 9.41. The fourth-order valence-corrected chi connectivity index (χ4v) is 1.41. The number of aliphatic hydroxyl groups is 2. The van der Waals surface area contributed by atoms with Gasteiger partial charge in [0.25, 0.3) is 5.56 Å². The molecule has 98 valence electrons. The Kier molecular flexibility index (Phi) is 3.55. The van der Waals surface area contributed by atoms with Gasteiger partial charge in [-0.1, -0.05) is 0 Å². The van der Waals surface area contributed by atoms with Crippen LogP contribution in [0.5, 0.6) is 0 Å². The molecule has 0 radical (unpaired) electrons. The lowest BCUT2D eigenvalue weighted by Gasteiger charge is -2.08. The number of ether oxygens (including phenoxy) is 1. The number of rotatable bonds is 5. The molecular weight excluding hydrogens is 242 g/mol. The van der Waals surface area contributed by atoms with E-state index in [2.05, 4.69) is 15.0 Å². The van der Waals surface area contributed by atoms with E-state index in [1.54, 1.807) is 0 Å². The van der Waals surface area contributed by atoms with Gasteiger partial charge in [0.2, 0.25) is 5.95 Å². The maximum Gasteiger partial charge on any atom is 0.280 e. The van der Waals surface area contributed by atoms with Crippen LogP contribution in [0.25, 0.3) is 11.2 Å². The topological polar surface area (TPSA) is 139 Å². The van der Waals surface area contributed by atoms with Gasteiger partial charge in [-0.25, -0.2) is 4.98 Å². The first kappa shape index (κ1) is 12.5. The maximum absolute atomic E-state index is 11.5. The Balaban J connectivity index is 2.17. The fourth-order valence-electron chi connectivity index (χ4n) is 1.41. The molecule has 0 saturated carbocycles. The summed E-state index contributed by atoms with van der Waals surface area (Å²) in [5.74, 6) is -0.00959. The van der Waals surface area contributed by atoms with E-state index >= 15 is 0 Å². The van der Waals surface area contributed by atoms with Crippen LogP contribution in [-0.2, 0) is 11.5 Å². The normalized spacial score (nSPS) is 13.0. The molecule has 0 bridgehead atoms. The summed E-state index contributed by atoms with van der Waals surface area (Å²) >= 11 is 0. The Morgan fingerprint density at radius 1 is 1.61 bits per heavy atom. The summed E-state index contributed by atoms with van der Waals surface area (Å²) in [4.78, 5) is 21.6. The van der Waals surface area contributed by atoms with E-state index in [0.717, 1.165) is 0 Å². The number of nitrogen functional groups attached to an aromatic ring is 1. The minimum absolute atomic E-state index is 0.00959. The second-order valence-electron chi connectivity index (χ2n) is 3.67. The largest absolute Gasteiger partial charge is 0.394 e. The van der Waals surface area contributed by atoms with Crippen molar-refractivity contribution in [3.8, 4) is 0 Å².